The number of phenols is 1. The number of hydrogen-bond acceptors (Lipinski definition) is 2. The minimum Gasteiger partial charge on any atom is -0.507 e. The number of nitrogens with zero attached hydrogens (tertiary/aromatic N) is 1. The van der Waals surface area contributed by atoms with E-state index in [1.54, 1.807) is 0 Å². The first kappa shape index (κ1) is 24.5. The van der Waals surface area contributed by atoms with E-state index in [0.29, 0.717) is 5.56 Å². The van der Waals surface area contributed by atoms with Crippen LogP contribution in [-0.4, -0.2) is 11.3 Å². The number of fused-ring (bicyclic) bond motifs is 1. The summed E-state index contributed by atoms with van der Waals surface area (Å²) in [5.74, 6) is 0.269. The molecule has 0 unspecified atom stereocenters. The first-order valence-electron chi connectivity index (χ1n) is 12.8. The molecule has 1 N–H and O–H groups in total. The van der Waals surface area contributed by atoms with Crippen LogP contribution in [0, 0.1) is 0 Å². The van der Waals surface area contributed by atoms with Crippen molar-refractivity contribution in [2.75, 3.05) is 0 Å². The zero-order chi connectivity index (χ0) is 26.0. The second-order valence-corrected chi connectivity index (χ2v) is 10.7. The topological polar surface area (TPSA) is 32.6 Å². The number of aliphatic imine (C=N–C) groups is 1. The predicted octanol–water partition coefficient (Wildman–Crippen LogP) is 8.95. The van der Waals surface area contributed by atoms with E-state index < -0.39 is 5.41 Å². The van der Waals surface area contributed by atoms with Crippen molar-refractivity contribution in [1.29, 1.82) is 0 Å². The maximum atomic E-state index is 11.6. The fraction of sp³-hybridized carbons (Fsp3) is 0.171. The van der Waals surface area contributed by atoms with Crippen molar-refractivity contribution < 1.29 is 5.11 Å². The van der Waals surface area contributed by atoms with Gasteiger partial charge in [-0.05, 0) is 34.2 Å². The molecule has 0 fully saturated rings. The van der Waals surface area contributed by atoms with Crippen LogP contribution >= 0.6 is 0 Å². The van der Waals surface area contributed by atoms with Crippen molar-refractivity contribution in [2.24, 2.45) is 4.99 Å². The molecule has 0 heterocycles. The Hall–Kier alpha value is -4.17. The smallest absolute Gasteiger partial charge is 0.128 e. The summed E-state index contributed by atoms with van der Waals surface area (Å²) in [4.78, 5) is 4.87. The van der Waals surface area contributed by atoms with Crippen LogP contribution in [0.25, 0.3) is 10.8 Å². The van der Waals surface area contributed by atoms with Crippen molar-refractivity contribution in [3.63, 3.8) is 0 Å². The highest BCUT2D eigenvalue weighted by Crippen LogP contribution is 2.42. The number of rotatable bonds is 6. The molecule has 0 aromatic heterocycles. The van der Waals surface area contributed by atoms with Gasteiger partial charge in [-0.2, -0.15) is 0 Å². The van der Waals surface area contributed by atoms with Gasteiger partial charge >= 0.3 is 0 Å². The van der Waals surface area contributed by atoms with Crippen LogP contribution in [0.5, 0.6) is 5.75 Å². The molecular weight excluding hydrogens is 450 g/mol. The summed E-state index contributed by atoms with van der Waals surface area (Å²) in [7, 11) is 0. The summed E-state index contributed by atoms with van der Waals surface area (Å²) in [5, 5.41) is 13.9. The van der Waals surface area contributed by atoms with E-state index in [-0.39, 0.29) is 11.2 Å². The number of benzene rings is 5. The van der Waals surface area contributed by atoms with Gasteiger partial charge in [-0.25, -0.2) is 0 Å². The molecule has 2 heteroatoms. The van der Waals surface area contributed by atoms with E-state index in [9.17, 15) is 5.11 Å². The molecule has 5 aromatic carbocycles. The van der Waals surface area contributed by atoms with E-state index in [2.05, 4.69) is 107 Å². The molecular formula is C35H33NO. The highest BCUT2D eigenvalue weighted by atomic mass is 16.3. The SMILES string of the molecule is CC(C)(c1ccccc1)c1cc(C=Nc2cccc3ccccc23)c(O)c(C(C)(C)c2ccccc2)c1. The minimum atomic E-state index is -0.407. The van der Waals surface area contributed by atoms with E-state index >= 15 is 0 Å². The molecule has 0 saturated carbocycles. The Kier molecular flexibility index (Phi) is 6.43. The third-order valence-electron chi connectivity index (χ3n) is 7.63. The molecule has 0 spiro atoms. The summed E-state index contributed by atoms with van der Waals surface area (Å²) >= 11 is 0. The molecule has 184 valence electrons. The van der Waals surface area contributed by atoms with Crippen LogP contribution in [0.15, 0.2) is 120 Å². The van der Waals surface area contributed by atoms with Gasteiger partial charge < -0.3 is 5.11 Å². The van der Waals surface area contributed by atoms with E-state index in [0.717, 1.165) is 33.2 Å². The summed E-state index contributed by atoms with van der Waals surface area (Å²) in [6.45, 7) is 8.81. The lowest BCUT2D eigenvalue weighted by Gasteiger charge is -2.32. The van der Waals surface area contributed by atoms with Crippen molar-refractivity contribution in [1.82, 2.24) is 0 Å². The van der Waals surface area contributed by atoms with Gasteiger partial charge in [-0.3, -0.25) is 4.99 Å². The van der Waals surface area contributed by atoms with E-state index in [4.69, 9.17) is 4.99 Å². The van der Waals surface area contributed by atoms with Crippen LogP contribution < -0.4 is 0 Å². The van der Waals surface area contributed by atoms with E-state index in [1.165, 1.54) is 5.56 Å². The first-order valence-corrected chi connectivity index (χ1v) is 12.8. The van der Waals surface area contributed by atoms with Gasteiger partial charge in [-0.1, -0.05) is 131 Å². The van der Waals surface area contributed by atoms with Crippen LogP contribution in [0.4, 0.5) is 5.69 Å². The highest BCUT2D eigenvalue weighted by molar-refractivity contribution is 5.96. The fourth-order valence-electron chi connectivity index (χ4n) is 5.08. The molecule has 2 nitrogen and oxygen atoms in total. The van der Waals surface area contributed by atoms with Crippen molar-refractivity contribution in [3.8, 4) is 5.75 Å². The molecule has 5 aromatic rings. The normalized spacial score (nSPS) is 12.3. The van der Waals surface area contributed by atoms with Gasteiger partial charge in [0, 0.05) is 33.6 Å². The third kappa shape index (κ3) is 4.68. The zero-order valence-corrected chi connectivity index (χ0v) is 21.9. The first-order chi connectivity index (χ1) is 17.8. The van der Waals surface area contributed by atoms with E-state index in [1.807, 2.05) is 42.6 Å². The van der Waals surface area contributed by atoms with Crippen LogP contribution in [0.1, 0.15) is 55.5 Å². The molecule has 0 aliphatic carbocycles. The Morgan fingerprint density at radius 1 is 0.595 bits per heavy atom. The number of hydrogen-bond donors (Lipinski definition) is 1. The minimum absolute atomic E-state index is 0.265. The summed E-state index contributed by atoms with van der Waals surface area (Å²) < 4.78 is 0. The lowest BCUT2D eigenvalue weighted by molar-refractivity contribution is 0.451. The molecule has 0 aliphatic heterocycles. The predicted molar refractivity (Wildman–Crippen MR) is 156 cm³/mol. The second-order valence-electron chi connectivity index (χ2n) is 10.7. The molecule has 0 radical (unpaired) electrons. The van der Waals surface area contributed by atoms with Gasteiger partial charge in [0.1, 0.15) is 5.75 Å². The number of phenolic OH excluding ortho intramolecular Hbond substituents is 1. The van der Waals surface area contributed by atoms with Crippen LogP contribution in [0.2, 0.25) is 0 Å². The average Bonchev–Trinajstić information content (AvgIpc) is 2.93. The van der Waals surface area contributed by atoms with Gasteiger partial charge in [-0.15, -0.1) is 0 Å². The Morgan fingerprint density at radius 3 is 1.84 bits per heavy atom. The standard InChI is InChI=1S/C35H33NO/c1-34(2,27-16-7-5-8-17-27)29-22-26(24-36-32-21-13-15-25-14-11-12-20-30(25)32)33(37)31(23-29)35(3,4)28-18-9-6-10-19-28/h5-24,37H,1-4H3. The summed E-state index contributed by atoms with van der Waals surface area (Å²) in [6.07, 6.45) is 1.81. The lowest BCUT2D eigenvalue weighted by Crippen LogP contribution is -2.24. The Bertz CT molecular complexity index is 1560. The quantitative estimate of drug-likeness (QED) is 0.240. The molecule has 0 bridgehead atoms. The Labute approximate surface area is 220 Å². The molecule has 0 atom stereocenters. The Balaban J connectivity index is 1.70. The fourth-order valence-corrected chi connectivity index (χ4v) is 5.08. The van der Waals surface area contributed by atoms with Gasteiger partial charge in [0.2, 0.25) is 0 Å². The van der Waals surface area contributed by atoms with Crippen molar-refractivity contribution in [2.45, 2.75) is 38.5 Å². The summed E-state index contributed by atoms with van der Waals surface area (Å²) in [6, 6.07) is 39.5. The van der Waals surface area contributed by atoms with Gasteiger partial charge in [0.25, 0.3) is 0 Å². The largest absolute Gasteiger partial charge is 0.507 e. The highest BCUT2D eigenvalue weighted by Gasteiger charge is 2.31. The maximum absolute atomic E-state index is 11.6. The third-order valence-corrected chi connectivity index (χ3v) is 7.63. The summed E-state index contributed by atoms with van der Waals surface area (Å²) in [5.41, 5.74) is 5.32. The Morgan fingerprint density at radius 2 is 1.16 bits per heavy atom. The van der Waals surface area contributed by atoms with Crippen molar-refractivity contribution in [3.05, 3.63) is 143 Å². The second kappa shape index (κ2) is 9.71. The molecule has 0 aliphatic rings. The number of aromatic hydroxyl groups is 1. The molecule has 5 rings (SSSR count). The van der Waals surface area contributed by atoms with Crippen molar-refractivity contribution >= 4 is 22.7 Å². The monoisotopic (exact) mass is 483 g/mol. The van der Waals surface area contributed by atoms with Crippen LogP contribution in [0.3, 0.4) is 0 Å². The molecule has 0 amide bonds. The van der Waals surface area contributed by atoms with Crippen LogP contribution in [-0.2, 0) is 10.8 Å². The zero-order valence-electron chi connectivity index (χ0n) is 21.9. The maximum Gasteiger partial charge on any atom is 0.128 e. The van der Waals surface area contributed by atoms with Gasteiger partial charge in [0.05, 0.1) is 5.69 Å². The lowest BCUT2D eigenvalue weighted by atomic mass is 9.72. The molecule has 0 saturated heterocycles. The average molecular weight is 484 g/mol. The van der Waals surface area contributed by atoms with Gasteiger partial charge in [0.15, 0.2) is 0 Å². The molecule has 37 heavy (non-hydrogen) atoms.